The molecule has 6 atom stereocenters. The Hall–Kier alpha value is -1.97. The Labute approximate surface area is 262 Å². The van der Waals surface area contributed by atoms with Gasteiger partial charge in [-0.3, -0.25) is 14.4 Å². The molecular weight excluding hydrogens is 532 g/mol. The molecule has 1 aromatic carbocycles. The predicted molar refractivity (Wildman–Crippen MR) is 174 cm³/mol. The van der Waals surface area contributed by atoms with Crippen LogP contribution in [0.3, 0.4) is 0 Å². The molecule has 240 valence electrons. The normalized spacial score (nSPS) is 27.1. The Bertz CT molecular complexity index is 1010. The molecule has 0 aromatic heterocycles. The highest BCUT2D eigenvalue weighted by Gasteiger charge is 2.41. The predicted octanol–water partition coefficient (Wildman–Crippen LogP) is 10.1. The number of ketones is 2. The average molecular weight is 593 g/mol. The van der Waals surface area contributed by atoms with E-state index in [9.17, 15) is 14.4 Å². The first-order chi connectivity index (χ1) is 20.9. The third-order valence-corrected chi connectivity index (χ3v) is 12.0. The second kappa shape index (κ2) is 16.9. The van der Waals surface area contributed by atoms with E-state index >= 15 is 0 Å². The number of hydrogen-bond acceptors (Lipinski definition) is 4. The lowest BCUT2D eigenvalue weighted by molar-refractivity contribution is -0.154. The molecule has 3 fully saturated rings. The number of esters is 1. The zero-order valence-corrected chi connectivity index (χ0v) is 27.6. The van der Waals surface area contributed by atoms with Crippen molar-refractivity contribution in [1.82, 2.24) is 0 Å². The smallest absolute Gasteiger partial charge is 0.309 e. The van der Waals surface area contributed by atoms with Gasteiger partial charge in [-0.1, -0.05) is 102 Å². The van der Waals surface area contributed by atoms with E-state index in [4.69, 9.17) is 4.74 Å². The molecule has 0 saturated heterocycles. The lowest BCUT2D eigenvalue weighted by atomic mass is 9.64. The lowest BCUT2D eigenvalue weighted by Crippen LogP contribution is -2.37. The summed E-state index contributed by atoms with van der Waals surface area (Å²) in [5.41, 5.74) is 1.24. The number of carbonyl (C=O) groups is 3. The molecule has 0 amide bonds. The molecular formula is C39H60O4. The van der Waals surface area contributed by atoms with Gasteiger partial charge in [0.1, 0.15) is 18.2 Å². The molecule has 1 aromatic rings. The zero-order valence-electron chi connectivity index (χ0n) is 27.6. The van der Waals surface area contributed by atoms with Gasteiger partial charge in [0.2, 0.25) is 0 Å². The van der Waals surface area contributed by atoms with Gasteiger partial charge in [-0.15, -0.1) is 0 Å². The summed E-state index contributed by atoms with van der Waals surface area (Å²) >= 11 is 0. The second-order valence-corrected chi connectivity index (χ2v) is 14.5. The highest BCUT2D eigenvalue weighted by Crippen LogP contribution is 2.46. The largest absolute Gasteiger partial charge is 0.461 e. The summed E-state index contributed by atoms with van der Waals surface area (Å²) in [6.45, 7) is 6.86. The summed E-state index contributed by atoms with van der Waals surface area (Å²) < 4.78 is 5.82. The van der Waals surface area contributed by atoms with E-state index in [1.807, 2.05) is 30.3 Å². The second-order valence-electron chi connectivity index (χ2n) is 14.5. The van der Waals surface area contributed by atoms with Gasteiger partial charge >= 0.3 is 5.97 Å². The van der Waals surface area contributed by atoms with Gasteiger partial charge in [0.05, 0.1) is 5.92 Å². The SMILES string of the molecule is CC[C@H](C(=O)C[C@H]1CCCC[C@H]1[C@H](CC)C(=O)OCc1ccccc1)[C@@H]1CCCC[C@@H]1CC(=O)CC1(CC)CCCCC1. The van der Waals surface area contributed by atoms with Crippen LogP contribution in [0.4, 0.5) is 0 Å². The van der Waals surface area contributed by atoms with Crippen LogP contribution in [0.15, 0.2) is 30.3 Å². The molecule has 0 bridgehead atoms. The number of ether oxygens (including phenoxy) is 1. The van der Waals surface area contributed by atoms with Gasteiger partial charge in [0.15, 0.2) is 0 Å². The first-order valence-electron chi connectivity index (χ1n) is 18.1. The first-order valence-corrected chi connectivity index (χ1v) is 18.1. The molecule has 0 aliphatic heterocycles. The standard InChI is InChI=1S/C39H60O4/c1-4-33(35-21-13-11-19-30(35)25-32(40)27-39(6-3)23-15-8-16-24-39)37(41)26-31-20-12-14-22-36(31)34(5-2)38(42)43-28-29-17-9-7-10-18-29/h7,9-10,17-18,30-31,33-36H,4-6,8,11-16,19-28H2,1-3H3/t30-,31-,33+,34+,35-,36-/m1/s1. The van der Waals surface area contributed by atoms with Crippen LogP contribution in [0.5, 0.6) is 0 Å². The molecule has 3 aliphatic carbocycles. The monoisotopic (exact) mass is 592 g/mol. The quantitative estimate of drug-likeness (QED) is 0.190. The number of carbonyl (C=O) groups excluding carboxylic acids is 3. The van der Waals surface area contributed by atoms with Crippen LogP contribution in [-0.4, -0.2) is 17.5 Å². The summed E-state index contributed by atoms with van der Waals surface area (Å²) in [5.74, 6) is 1.80. The fourth-order valence-electron chi connectivity index (χ4n) is 9.44. The molecule has 0 spiro atoms. The van der Waals surface area contributed by atoms with E-state index in [1.165, 1.54) is 44.9 Å². The Morgan fingerprint density at radius 2 is 1.33 bits per heavy atom. The van der Waals surface area contributed by atoms with Gasteiger partial charge in [0, 0.05) is 25.2 Å². The fraction of sp³-hybridized carbons (Fsp3) is 0.769. The van der Waals surface area contributed by atoms with Crippen molar-refractivity contribution in [2.45, 2.75) is 149 Å². The van der Waals surface area contributed by atoms with Crippen molar-refractivity contribution in [1.29, 1.82) is 0 Å². The summed E-state index contributed by atoms with van der Waals surface area (Å²) in [6.07, 6.45) is 19.9. The summed E-state index contributed by atoms with van der Waals surface area (Å²) in [6, 6.07) is 9.90. The van der Waals surface area contributed by atoms with Gasteiger partial charge in [-0.2, -0.15) is 0 Å². The Kier molecular flexibility index (Phi) is 13.3. The van der Waals surface area contributed by atoms with Crippen molar-refractivity contribution in [2.24, 2.45) is 40.9 Å². The van der Waals surface area contributed by atoms with E-state index in [-0.39, 0.29) is 35.1 Å². The van der Waals surface area contributed by atoms with Crippen molar-refractivity contribution in [3.8, 4) is 0 Å². The zero-order chi connectivity index (χ0) is 30.7. The molecule has 3 aliphatic rings. The lowest BCUT2D eigenvalue weighted by Gasteiger charge is -2.40. The molecule has 0 radical (unpaired) electrons. The molecule has 3 saturated carbocycles. The van der Waals surface area contributed by atoms with Crippen LogP contribution in [0, 0.1) is 40.9 Å². The summed E-state index contributed by atoms with van der Waals surface area (Å²) in [5, 5.41) is 0. The minimum Gasteiger partial charge on any atom is -0.461 e. The van der Waals surface area contributed by atoms with Crippen LogP contribution in [0.2, 0.25) is 0 Å². The molecule has 0 N–H and O–H groups in total. The van der Waals surface area contributed by atoms with Crippen molar-refractivity contribution in [2.75, 3.05) is 0 Å². The van der Waals surface area contributed by atoms with E-state index in [2.05, 4.69) is 20.8 Å². The van der Waals surface area contributed by atoms with Crippen LogP contribution >= 0.6 is 0 Å². The Morgan fingerprint density at radius 3 is 1.93 bits per heavy atom. The third kappa shape index (κ3) is 9.27. The van der Waals surface area contributed by atoms with Crippen molar-refractivity contribution in [3.05, 3.63) is 35.9 Å². The minimum atomic E-state index is -0.146. The molecule has 4 heteroatoms. The maximum absolute atomic E-state index is 14.1. The van der Waals surface area contributed by atoms with E-state index in [0.29, 0.717) is 42.9 Å². The number of hydrogen-bond donors (Lipinski definition) is 0. The van der Waals surface area contributed by atoms with E-state index < -0.39 is 0 Å². The summed E-state index contributed by atoms with van der Waals surface area (Å²) in [4.78, 5) is 40.9. The Balaban J connectivity index is 1.38. The number of rotatable bonds is 15. The van der Waals surface area contributed by atoms with E-state index in [1.54, 1.807) is 0 Å². The highest BCUT2D eigenvalue weighted by atomic mass is 16.5. The number of Topliss-reactive ketones (excluding diaryl/α,β-unsaturated/α-hetero) is 2. The molecule has 0 unspecified atom stereocenters. The molecule has 43 heavy (non-hydrogen) atoms. The van der Waals surface area contributed by atoms with Gasteiger partial charge in [-0.25, -0.2) is 0 Å². The van der Waals surface area contributed by atoms with Crippen LogP contribution < -0.4 is 0 Å². The van der Waals surface area contributed by atoms with Gasteiger partial charge < -0.3 is 4.74 Å². The average Bonchev–Trinajstić information content (AvgIpc) is 3.03. The van der Waals surface area contributed by atoms with E-state index in [0.717, 1.165) is 69.8 Å². The maximum Gasteiger partial charge on any atom is 0.309 e. The first kappa shape index (κ1) is 33.9. The molecule has 0 heterocycles. The number of benzene rings is 1. The topological polar surface area (TPSA) is 60.4 Å². The molecule has 4 rings (SSSR count). The fourth-order valence-corrected chi connectivity index (χ4v) is 9.44. The molecule has 4 nitrogen and oxygen atoms in total. The summed E-state index contributed by atoms with van der Waals surface area (Å²) in [7, 11) is 0. The van der Waals surface area contributed by atoms with Crippen molar-refractivity contribution in [3.63, 3.8) is 0 Å². The Morgan fingerprint density at radius 1 is 0.744 bits per heavy atom. The minimum absolute atomic E-state index is 0.0422. The van der Waals surface area contributed by atoms with Crippen LogP contribution in [0.25, 0.3) is 0 Å². The van der Waals surface area contributed by atoms with Crippen molar-refractivity contribution >= 4 is 17.5 Å². The van der Waals surface area contributed by atoms with Gasteiger partial charge in [0.25, 0.3) is 0 Å². The highest BCUT2D eigenvalue weighted by molar-refractivity contribution is 5.82. The van der Waals surface area contributed by atoms with Crippen molar-refractivity contribution < 1.29 is 19.1 Å². The van der Waals surface area contributed by atoms with Crippen LogP contribution in [-0.2, 0) is 25.7 Å². The maximum atomic E-state index is 14.1. The van der Waals surface area contributed by atoms with Gasteiger partial charge in [-0.05, 0) is 86.0 Å². The third-order valence-electron chi connectivity index (χ3n) is 12.0. The van der Waals surface area contributed by atoms with Crippen LogP contribution in [0.1, 0.15) is 148 Å².